The van der Waals surface area contributed by atoms with Gasteiger partial charge in [0.2, 0.25) is 0 Å². The van der Waals surface area contributed by atoms with Crippen molar-refractivity contribution in [1.82, 2.24) is 0 Å². The summed E-state index contributed by atoms with van der Waals surface area (Å²) in [7, 11) is 0. The van der Waals surface area contributed by atoms with Gasteiger partial charge in [0.25, 0.3) is 0 Å². The summed E-state index contributed by atoms with van der Waals surface area (Å²) in [6.45, 7) is 4.13. The molecule has 0 aliphatic carbocycles. The van der Waals surface area contributed by atoms with Crippen LogP contribution in [0.1, 0.15) is 66.4 Å². The number of hydrogen-bond donors (Lipinski definition) is 2. The molecule has 0 spiro atoms. The molecule has 0 unspecified atom stereocenters. The van der Waals surface area contributed by atoms with Crippen LogP contribution in [0.2, 0.25) is 0 Å². The molecule has 0 aliphatic heterocycles. The number of aromatic carboxylic acids is 2. The van der Waals surface area contributed by atoms with Crippen LogP contribution >= 0.6 is 0 Å². The van der Waals surface area contributed by atoms with Crippen molar-refractivity contribution in [3.8, 4) is 23.0 Å². The van der Waals surface area contributed by atoms with E-state index in [0.717, 1.165) is 11.1 Å². The Labute approximate surface area is 224 Å². The highest BCUT2D eigenvalue weighted by Gasteiger charge is 2.23. The fraction of sp³-hybridized carbons (Fsp3) is 0.0968. The van der Waals surface area contributed by atoms with Gasteiger partial charge in [-0.05, 0) is 71.8 Å². The quantitative estimate of drug-likeness (QED) is 0.222. The molecule has 196 valence electrons. The van der Waals surface area contributed by atoms with Crippen LogP contribution in [0.25, 0.3) is 0 Å². The minimum Gasteiger partial charge on any atom is -0.478 e. The molecule has 0 bridgehead atoms. The molecule has 4 aromatic rings. The van der Waals surface area contributed by atoms with E-state index in [2.05, 4.69) is 13.8 Å². The van der Waals surface area contributed by atoms with Crippen molar-refractivity contribution in [2.75, 3.05) is 0 Å². The summed E-state index contributed by atoms with van der Waals surface area (Å²) in [6.07, 6.45) is 0.972. The molecule has 39 heavy (non-hydrogen) atoms. The number of carboxylic acids is 2. The normalized spacial score (nSPS) is 10.9. The highest BCUT2D eigenvalue weighted by atomic mass is 16.5. The predicted molar refractivity (Wildman–Crippen MR) is 143 cm³/mol. The lowest BCUT2D eigenvalue weighted by atomic mass is 9.78. The maximum Gasteiger partial charge on any atom is 0.336 e. The van der Waals surface area contributed by atoms with Gasteiger partial charge in [-0.2, -0.15) is 0 Å². The van der Waals surface area contributed by atoms with Crippen LogP contribution < -0.4 is 9.47 Å². The number of hydrogen-bond acceptors (Lipinski definition) is 6. The Morgan fingerprint density at radius 3 is 1.49 bits per heavy atom. The molecular formula is C31H24O8. The molecule has 0 amide bonds. The molecule has 0 saturated heterocycles. The lowest BCUT2D eigenvalue weighted by molar-refractivity contribution is 0.0684. The van der Waals surface area contributed by atoms with Gasteiger partial charge in [0.15, 0.2) is 12.6 Å². The van der Waals surface area contributed by atoms with Gasteiger partial charge in [-0.15, -0.1) is 0 Å². The van der Waals surface area contributed by atoms with Crippen LogP contribution in [0.15, 0.2) is 84.9 Å². The second-order valence-corrected chi connectivity index (χ2v) is 9.22. The van der Waals surface area contributed by atoms with Crippen molar-refractivity contribution < 1.29 is 38.9 Å². The van der Waals surface area contributed by atoms with E-state index >= 15 is 0 Å². The zero-order valence-corrected chi connectivity index (χ0v) is 21.1. The maximum absolute atomic E-state index is 11.4. The van der Waals surface area contributed by atoms with Crippen molar-refractivity contribution in [3.05, 3.63) is 118 Å². The molecule has 0 aromatic heterocycles. The van der Waals surface area contributed by atoms with E-state index in [1.807, 2.05) is 24.3 Å². The molecule has 0 fully saturated rings. The molecule has 0 heterocycles. The minimum absolute atomic E-state index is 0.0329. The van der Waals surface area contributed by atoms with Crippen molar-refractivity contribution in [3.63, 3.8) is 0 Å². The number of aldehydes is 2. The van der Waals surface area contributed by atoms with Crippen molar-refractivity contribution in [2.24, 2.45) is 0 Å². The first-order valence-corrected chi connectivity index (χ1v) is 11.8. The Morgan fingerprint density at radius 2 is 1.03 bits per heavy atom. The van der Waals surface area contributed by atoms with Gasteiger partial charge >= 0.3 is 11.9 Å². The smallest absolute Gasteiger partial charge is 0.336 e. The maximum atomic E-state index is 11.4. The first-order valence-electron chi connectivity index (χ1n) is 11.8. The Morgan fingerprint density at radius 1 is 0.590 bits per heavy atom. The topological polar surface area (TPSA) is 127 Å². The number of carbonyl (C=O) groups excluding carboxylic acids is 2. The molecule has 8 heteroatoms. The van der Waals surface area contributed by atoms with Gasteiger partial charge in [0.05, 0.1) is 11.1 Å². The average Bonchev–Trinajstić information content (AvgIpc) is 2.93. The Hall–Kier alpha value is -5.24. The standard InChI is InChI=1S/C31H24O8/c1-31(2,21-4-9-23(10-5-21)38-25-13-14-27(29(34)35)20(15-25)18-33)22-6-11-24(12-7-22)39-26-8-3-19(17-32)28(16-26)30(36)37/h3-18H,1-2H3,(H,34,35)(H,36,37). The summed E-state index contributed by atoms with van der Waals surface area (Å²) in [5.74, 6) is -0.704. The Balaban J connectivity index is 1.48. The fourth-order valence-electron chi connectivity index (χ4n) is 4.10. The molecule has 4 aromatic carbocycles. The first-order chi connectivity index (χ1) is 18.6. The molecule has 8 nitrogen and oxygen atoms in total. The van der Waals surface area contributed by atoms with Gasteiger partial charge < -0.3 is 19.7 Å². The third-order valence-electron chi connectivity index (χ3n) is 6.39. The Bertz CT molecular complexity index is 1550. The number of carbonyl (C=O) groups is 4. The number of benzene rings is 4. The van der Waals surface area contributed by atoms with Gasteiger partial charge in [-0.1, -0.05) is 38.1 Å². The van der Waals surface area contributed by atoms with Gasteiger partial charge in [-0.3, -0.25) is 9.59 Å². The zero-order chi connectivity index (χ0) is 28.2. The van der Waals surface area contributed by atoms with Crippen LogP contribution in [-0.4, -0.2) is 34.7 Å². The second kappa shape index (κ2) is 11.0. The number of rotatable bonds is 10. The van der Waals surface area contributed by atoms with E-state index in [-0.39, 0.29) is 27.7 Å². The SMILES string of the molecule is CC(C)(c1ccc(Oc2ccc(C(=O)O)c(C=O)c2)cc1)c1ccc(Oc2ccc(C=O)c(C(=O)O)c2)cc1. The second-order valence-electron chi connectivity index (χ2n) is 9.22. The fourth-order valence-corrected chi connectivity index (χ4v) is 4.10. The van der Waals surface area contributed by atoms with Crippen LogP contribution in [0, 0.1) is 0 Å². The van der Waals surface area contributed by atoms with Gasteiger partial charge in [0.1, 0.15) is 23.0 Å². The lowest BCUT2D eigenvalue weighted by Crippen LogP contribution is -2.18. The lowest BCUT2D eigenvalue weighted by Gasteiger charge is -2.26. The summed E-state index contributed by atoms with van der Waals surface area (Å²) in [6, 6.07) is 23.3. The summed E-state index contributed by atoms with van der Waals surface area (Å²) < 4.78 is 11.6. The number of carboxylic acid groups (broad SMARTS) is 2. The first kappa shape index (κ1) is 26.8. The van der Waals surface area contributed by atoms with E-state index in [4.69, 9.17) is 14.6 Å². The van der Waals surface area contributed by atoms with Crippen molar-refractivity contribution >= 4 is 24.5 Å². The van der Waals surface area contributed by atoms with Gasteiger partial charge in [-0.25, -0.2) is 9.59 Å². The predicted octanol–water partition coefficient (Wildman–Crippen LogP) is 6.62. The minimum atomic E-state index is -1.21. The third-order valence-corrected chi connectivity index (χ3v) is 6.39. The average molecular weight is 525 g/mol. The van der Waals surface area contributed by atoms with Crippen molar-refractivity contribution in [1.29, 1.82) is 0 Å². The summed E-state index contributed by atoms with van der Waals surface area (Å²) in [5, 5.41) is 18.5. The molecular weight excluding hydrogens is 500 g/mol. The molecule has 0 saturated carbocycles. The van der Waals surface area contributed by atoms with E-state index < -0.39 is 11.9 Å². The summed E-state index contributed by atoms with van der Waals surface area (Å²) in [4.78, 5) is 44.9. The number of ether oxygens (including phenoxy) is 2. The summed E-state index contributed by atoms with van der Waals surface area (Å²) in [5.41, 5.74) is 1.52. The molecule has 0 aliphatic rings. The van der Waals surface area contributed by atoms with Crippen LogP contribution in [0.4, 0.5) is 0 Å². The van der Waals surface area contributed by atoms with E-state index in [1.165, 1.54) is 36.4 Å². The van der Waals surface area contributed by atoms with Crippen LogP contribution in [0.5, 0.6) is 23.0 Å². The van der Waals surface area contributed by atoms with E-state index in [1.54, 1.807) is 24.3 Å². The van der Waals surface area contributed by atoms with Gasteiger partial charge in [0, 0.05) is 16.5 Å². The molecule has 0 radical (unpaired) electrons. The third kappa shape index (κ3) is 5.86. The van der Waals surface area contributed by atoms with E-state index in [0.29, 0.717) is 35.6 Å². The van der Waals surface area contributed by atoms with Crippen LogP contribution in [0.3, 0.4) is 0 Å². The molecule has 2 N–H and O–H groups in total. The highest BCUT2D eigenvalue weighted by Crippen LogP contribution is 2.35. The molecule has 4 rings (SSSR count). The monoisotopic (exact) mass is 524 g/mol. The largest absolute Gasteiger partial charge is 0.478 e. The summed E-state index contributed by atoms with van der Waals surface area (Å²) >= 11 is 0. The van der Waals surface area contributed by atoms with E-state index in [9.17, 15) is 24.3 Å². The molecule has 0 atom stereocenters. The zero-order valence-electron chi connectivity index (χ0n) is 21.1. The van der Waals surface area contributed by atoms with Crippen LogP contribution in [-0.2, 0) is 5.41 Å². The Kier molecular flexibility index (Phi) is 7.58. The van der Waals surface area contributed by atoms with Crippen molar-refractivity contribution in [2.45, 2.75) is 19.3 Å². The highest BCUT2D eigenvalue weighted by molar-refractivity contribution is 5.98.